The van der Waals surface area contributed by atoms with E-state index in [2.05, 4.69) is 5.32 Å². The predicted octanol–water partition coefficient (Wildman–Crippen LogP) is 0.278. The van der Waals surface area contributed by atoms with Crippen LogP contribution in [0.25, 0.3) is 0 Å². The van der Waals surface area contributed by atoms with Gasteiger partial charge in [0, 0.05) is 17.9 Å². The number of rotatable bonds is 4. The number of nitrogens with one attached hydrogen (secondary N) is 1. The van der Waals surface area contributed by atoms with Crippen LogP contribution >= 0.6 is 0 Å². The maximum absolute atomic E-state index is 10.7. The fourth-order valence-corrected chi connectivity index (χ4v) is 1.60. The van der Waals surface area contributed by atoms with Gasteiger partial charge in [-0.2, -0.15) is 0 Å². The molecule has 0 spiro atoms. The average molecular weight is 229 g/mol. The summed E-state index contributed by atoms with van der Waals surface area (Å²) in [6.07, 6.45) is 0. The van der Waals surface area contributed by atoms with E-state index in [0.29, 0.717) is 12.2 Å². The van der Waals surface area contributed by atoms with Gasteiger partial charge in [0.05, 0.1) is 5.75 Å². The summed E-state index contributed by atoms with van der Waals surface area (Å²) in [5.41, 5.74) is 8.11. The third-order valence-corrected chi connectivity index (χ3v) is 2.73. The van der Waals surface area contributed by atoms with E-state index in [4.69, 9.17) is 10.9 Å². The molecule has 5 N–H and O–H groups in total. The van der Waals surface area contributed by atoms with Crippen molar-refractivity contribution in [2.75, 3.05) is 23.3 Å². The molecule has 1 rings (SSSR count). The van der Waals surface area contributed by atoms with Crippen molar-refractivity contribution in [3.63, 3.8) is 0 Å². The fraction of sp³-hybridized carbons (Fsp3) is 0.333. The second-order valence-electron chi connectivity index (χ2n) is 3.37. The molecule has 0 aliphatic carbocycles. The van der Waals surface area contributed by atoms with Crippen LogP contribution in [0, 0.1) is 6.92 Å². The predicted molar refractivity (Wildman–Crippen MR) is 62.1 cm³/mol. The number of anilines is 2. The monoisotopic (exact) mass is 229 g/mol. The molecule has 5 nitrogen and oxygen atoms in total. The first kappa shape index (κ1) is 11.8. The Bertz CT molecular complexity index is 443. The minimum atomic E-state index is -3.40. The van der Waals surface area contributed by atoms with Crippen LogP contribution in [-0.4, -0.2) is 20.7 Å². The minimum Gasteiger partial charge on any atom is -0.399 e. The van der Waals surface area contributed by atoms with E-state index in [1.165, 1.54) is 0 Å². The first-order valence-electron chi connectivity index (χ1n) is 4.49. The van der Waals surface area contributed by atoms with Crippen molar-refractivity contribution in [2.45, 2.75) is 6.92 Å². The summed E-state index contributed by atoms with van der Waals surface area (Å²) in [4.78, 5) is 0. The zero-order valence-corrected chi connectivity index (χ0v) is 9.34. The summed E-state index contributed by atoms with van der Waals surface area (Å²) < 4.78 is 21.4. The number of nitrogen functional groups attached to an aromatic ring is 1. The van der Waals surface area contributed by atoms with Crippen molar-refractivity contribution in [2.24, 2.45) is 5.14 Å². The van der Waals surface area contributed by atoms with Crippen LogP contribution in [-0.2, 0) is 10.0 Å². The molecule has 1 aromatic rings. The summed E-state index contributed by atoms with van der Waals surface area (Å²) in [6.45, 7) is 2.19. The molecule has 0 amide bonds. The Morgan fingerprint density at radius 2 is 2.07 bits per heavy atom. The Labute approximate surface area is 89.5 Å². The number of benzene rings is 1. The molecule has 0 aromatic heterocycles. The molecule has 0 atom stereocenters. The van der Waals surface area contributed by atoms with Gasteiger partial charge in [-0.1, -0.05) is 0 Å². The molecule has 0 saturated heterocycles. The summed E-state index contributed by atoms with van der Waals surface area (Å²) in [6, 6.07) is 5.39. The SMILES string of the molecule is Cc1cc(N)ccc1NCCS(N)(=O)=O. The zero-order chi connectivity index (χ0) is 11.5. The van der Waals surface area contributed by atoms with Crippen LogP contribution in [0.3, 0.4) is 0 Å². The van der Waals surface area contributed by atoms with Crippen LogP contribution in [0.1, 0.15) is 5.56 Å². The summed E-state index contributed by atoms with van der Waals surface area (Å²) in [7, 11) is -3.40. The molecule has 0 unspecified atom stereocenters. The molecule has 0 radical (unpaired) electrons. The number of hydrogen-bond donors (Lipinski definition) is 3. The third kappa shape index (κ3) is 4.18. The molecule has 0 aliphatic heterocycles. The second-order valence-corrected chi connectivity index (χ2v) is 5.10. The summed E-state index contributed by atoms with van der Waals surface area (Å²) >= 11 is 0. The van der Waals surface area contributed by atoms with Gasteiger partial charge in [0.15, 0.2) is 0 Å². The van der Waals surface area contributed by atoms with Crippen molar-refractivity contribution < 1.29 is 8.42 Å². The van der Waals surface area contributed by atoms with Gasteiger partial charge in [-0.05, 0) is 30.7 Å². The molecular formula is C9H15N3O2S. The molecule has 0 fully saturated rings. The highest BCUT2D eigenvalue weighted by Gasteiger charge is 2.03. The van der Waals surface area contributed by atoms with Crippen LogP contribution < -0.4 is 16.2 Å². The van der Waals surface area contributed by atoms with Gasteiger partial charge in [-0.25, -0.2) is 13.6 Å². The van der Waals surface area contributed by atoms with E-state index in [1.54, 1.807) is 6.07 Å². The first-order chi connectivity index (χ1) is 6.88. The van der Waals surface area contributed by atoms with Crippen molar-refractivity contribution in [1.82, 2.24) is 0 Å². The lowest BCUT2D eigenvalue weighted by Gasteiger charge is -2.09. The van der Waals surface area contributed by atoms with Crippen LogP contribution in [0.15, 0.2) is 18.2 Å². The Morgan fingerprint density at radius 3 is 2.60 bits per heavy atom. The Morgan fingerprint density at radius 1 is 1.40 bits per heavy atom. The first-order valence-corrected chi connectivity index (χ1v) is 6.20. The van der Waals surface area contributed by atoms with Gasteiger partial charge in [-0.15, -0.1) is 0 Å². The maximum Gasteiger partial charge on any atom is 0.210 e. The van der Waals surface area contributed by atoms with Gasteiger partial charge in [0.25, 0.3) is 0 Å². The van der Waals surface area contributed by atoms with E-state index in [9.17, 15) is 8.42 Å². The molecule has 0 saturated carbocycles. The molecule has 84 valence electrons. The lowest BCUT2D eigenvalue weighted by atomic mass is 10.2. The topological polar surface area (TPSA) is 98.2 Å². The molecular weight excluding hydrogens is 214 g/mol. The van der Waals surface area contributed by atoms with Gasteiger partial charge in [0.1, 0.15) is 0 Å². The lowest BCUT2D eigenvalue weighted by molar-refractivity contribution is 0.598. The second kappa shape index (κ2) is 4.50. The Hall–Kier alpha value is -1.27. The molecule has 0 aliphatic rings. The van der Waals surface area contributed by atoms with E-state index < -0.39 is 10.0 Å². The van der Waals surface area contributed by atoms with Crippen LogP contribution in [0.5, 0.6) is 0 Å². The Balaban J connectivity index is 2.59. The lowest BCUT2D eigenvalue weighted by Crippen LogP contribution is -2.22. The summed E-state index contributed by atoms with van der Waals surface area (Å²) in [5.74, 6) is -0.0865. The number of primary sulfonamides is 1. The maximum atomic E-state index is 10.7. The van der Waals surface area contributed by atoms with E-state index >= 15 is 0 Å². The number of hydrogen-bond acceptors (Lipinski definition) is 4. The van der Waals surface area contributed by atoms with Gasteiger partial charge in [0.2, 0.25) is 10.0 Å². The fourth-order valence-electron chi connectivity index (χ4n) is 1.21. The number of aryl methyl sites for hydroxylation is 1. The minimum absolute atomic E-state index is 0.0865. The highest BCUT2D eigenvalue weighted by Crippen LogP contribution is 2.17. The average Bonchev–Trinajstić information content (AvgIpc) is 2.07. The highest BCUT2D eigenvalue weighted by molar-refractivity contribution is 7.89. The van der Waals surface area contributed by atoms with E-state index in [-0.39, 0.29) is 5.75 Å². The molecule has 1 aromatic carbocycles. The standard InChI is InChI=1S/C9H15N3O2S/c1-7-6-8(10)2-3-9(7)12-4-5-15(11,13)14/h2-3,6,12H,4-5,10H2,1H3,(H2,11,13,14). The smallest absolute Gasteiger partial charge is 0.210 e. The van der Waals surface area contributed by atoms with E-state index in [0.717, 1.165) is 11.3 Å². The van der Waals surface area contributed by atoms with E-state index in [1.807, 2.05) is 19.1 Å². The number of nitrogens with two attached hydrogens (primary N) is 2. The zero-order valence-electron chi connectivity index (χ0n) is 8.53. The molecule has 0 heterocycles. The third-order valence-electron chi connectivity index (χ3n) is 1.95. The summed E-state index contributed by atoms with van der Waals surface area (Å²) in [5, 5.41) is 7.86. The van der Waals surface area contributed by atoms with Gasteiger partial charge in [-0.3, -0.25) is 0 Å². The Kier molecular flexibility index (Phi) is 3.54. The van der Waals surface area contributed by atoms with Crippen LogP contribution in [0.2, 0.25) is 0 Å². The van der Waals surface area contributed by atoms with Crippen LogP contribution in [0.4, 0.5) is 11.4 Å². The molecule has 15 heavy (non-hydrogen) atoms. The van der Waals surface area contributed by atoms with Crippen molar-refractivity contribution in [3.8, 4) is 0 Å². The van der Waals surface area contributed by atoms with Crippen molar-refractivity contribution in [3.05, 3.63) is 23.8 Å². The van der Waals surface area contributed by atoms with Crippen molar-refractivity contribution in [1.29, 1.82) is 0 Å². The normalized spacial score (nSPS) is 11.3. The molecule has 0 bridgehead atoms. The van der Waals surface area contributed by atoms with Crippen molar-refractivity contribution >= 4 is 21.4 Å². The number of sulfonamides is 1. The highest BCUT2D eigenvalue weighted by atomic mass is 32.2. The largest absolute Gasteiger partial charge is 0.399 e. The van der Waals surface area contributed by atoms with Gasteiger partial charge >= 0.3 is 0 Å². The van der Waals surface area contributed by atoms with Gasteiger partial charge < -0.3 is 11.1 Å². The quantitative estimate of drug-likeness (QED) is 0.646. The molecule has 6 heteroatoms.